The van der Waals surface area contributed by atoms with Gasteiger partial charge >= 0.3 is 0 Å². The fourth-order valence-corrected chi connectivity index (χ4v) is 9.86. The van der Waals surface area contributed by atoms with Crippen LogP contribution in [-0.2, 0) is 37.6 Å². The lowest BCUT2D eigenvalue weighted by atomic mass is 10.1. The van der Waals surface area contributed by atoms with Crippen LogP contribution in [0.2, 0.25) is 20.1 Å². The number of methoxy groups -OCH3 is 1. The Morgan fingerprint density at radius 2 is 1.03 bits per heavy atom. The number of rotatable bonds is 14. The summed E-state index contributed by atoms with van der Waals surface area (Å²) in [6.45, 7) is 1.70. The Kier molecular flexibility index (Phi) is 21.9. The number of ether oxygens (including phenoxy) is 3. The van der Waals surface area contributed by atoms with Gasteiger partial charge in [0.25, 0.3) is 0 Å². The third-order valence-electron chi connectivity index (χ3n) is 11.2. The summed E-state index contributed by atoms with van der Waals surface area (Å²) in [6.07, 6.45) is 10.2. The van der Waals surface area contributed by atoms with Gasteiger partial charge < -0.3 is 39.9 Å². The zero-order chi connectivity index (χ0) is 51.5. The third-order valence-corrected chi connectivity index (χ3v) is 15.0. The molecule has 0 bridgehead atoms. The second-order valence-corrected chi connectivity index (χ2v) is 22.6. The van der Waals surface area contributed by atoms with Crippen LogP contribution in [0.15, 0.2) is 104 Å². The molecule has 0 aliphatic heterocycles. The van der Waals surface area contributed by atoms with E-state index in [4.69, 9.17) is 83.7 Å². The Labute approximate surface area is 454 Å². The van der Waals surface area contributed by atoms with Crippen LogP contribution in [0.25, 0.3) is 0 Å². The molecule has 4 saturated carbocycles. The van der Waals surface area contributed by atoms with Crippen molar-refractivity contribution in [2.45, 2.75) is 97.9 Å². The minimum atomic E-state index is -2.58. The molecule has 4 aliphatic rings. The molecule has 9 rings (SSSR count). The zero-order valence-corrected chi connectivity index (χ0v) is 46.3. The first-order valence-corrected chi connectivity index (χ1v) is 27.4. The average molecular weight is 1230 g/mol. The Morgan fingerprint density at radius 3 is 1.37 bits per heavy atom. The van der Waals surface area contributed by atoms with Gasteiger partial charge in [0, 0.05) is 32.6 Å². The maximum Gasteiger partial charge on any atom is 0.164 e. The molecule has 2 atom stereocenters. The minimum Gasteiger partial charge on any atom is -0.768 e. The summed E-state index contributed by atoms with van der Waals surface area (Å²) in [6, 6.07) is 22.7. The quantitative estimate of drug-likeness (QED) is 0.0699. The Morgan fingerprint density at radius 1 is 0.657 bits per heavy atom. The van der Waals surface area contributed by atoms with E-state index in [-0.39, 0.29) is 53.9 Å². The first-order chi connectivity index (χ1) is 33.0. The standard InChI is InChI=1S/C13H9BrCl2O3S.C12H7BrCl2O4S.C8H9ClO.2C8H13NO/c1-7-2-3-9(6-12(7)20(17)18)19-13-10(15)4-8(14)5-11(13)16;13-6-3-8(14)12(9(15)4-6)19-7-1-2-10(16)11(5-7)20(17)18;1-10-8-4-2-7(6-9)3-5-8;2*9-8(3-4-8)7(10)5-6-1-2-6/h2-6H,1H3,(H,17,18);1-5,16H,(H,17,18);2-5H,6H2,1H3;2*6H,1-5,9H2/p-2. The lowest BCUT2D eigenvalue weighted by Crippen LogP contribution is -2.32. The van der Waals surface area contributed by atoms with Crippen molar-refractivity contribution in [2.24, 2.45) is 23.3 Å². The van der Waals surface area contributed by atoms with Gasteiger partial charge in [0.05, 0.1) is 43.2 Å². The Hall–Kier alpha value is -2.81. The summed E-state index contributed by atoms with van der Waals surface area (Å²) >= 11 is 31.3. The van der Waals surface area contributed by atoms with Crippen LogP contribution < -0.4 is 25.7 Å². The smallest absolute Gasteiger partial charge is 0.164 e. The molecule has 378 valence electrons. The number of hydrogen-bond acceptors (Lipinski definition) is 12. The molecule has 4 fully saturated rings. The van der Waals surface area contributed by atoms with Crippen LogP contribution in [0.3, 0.4) is 0 Å². The van der Waals surface area contributed by atoms with Gasteiger partial charge in [-0.3, -0.25) is 18.0 Å². The molecule has 12 nitrogen and oxygen atoms in total. The first-order valence-electron chi connectivity index (χ1n) is 21.6. The van der Waals surface area contributed by atoms with Crippen molar-refractivity contribution in [1.29, 1.82) is 0 Å². The van der Waals surface area contributed by atoms with E-state index in [0.29, 0.717) is 55.1 Å². The number of ketones is 2. The third kappa shape index (κ3) is 18.3. The molecule has 0 heterocycles. The number of halogens is 7. The number of phenols is 1. The van der Waals surface area contributed by atoms with Crippen LogP contribution >= 0.6 is 89.9 Å². The molecular formula is C49H49Br2Cl5N2O10S2-2. The van der Waals surface area contributed by atoms with Gasteiger partial charge in [-0.2, -0.15) is 0 Å². The number of nitrogens with two attached hydrogens (primary N) is 2. The van der Waals surface area contributed by atoms with E-state index in [2.05, 4.69) is 31.9 Å². The van der Waals surface area contributed by atoms with Crippen LogP contribution in [0.5, 0.6) is 34.5 Å². The summed E-state index contributed by atoms with van der Waals surface area (Å²) in [5, 5.41) is 10.6. The predicted octanol–water partition coefficient (Wildman–Crippen LogP) is 13.7. The number of Topliss-reactive ketones (excluding diaryl/α,β-unsaturated/α-hetero) is 2. The van der Waals surface area contributed by atoms with Crippen molar-refractivity contribution >= 4 is 124 Å². The topological polar surface area (TPSA) is 214 Å². The summed E-state index contributed by atoms with van der Waals surface area (Å²) in [5.74, 6) is 4.12. The van der Waals surface area contributed by atoms with Crippen molar-refractivity contribution in [3.8, 4) is 34.5 Å². The minimum absolute atomic E-state index is 0.173. The highest BCUT2D eigenvalue weighted by Gasteiger charge is 2.47. The number of phenolic OH excluding ortho intramolecular Hbond substituents is 1. The Balaban J connectivity index is 0.000000169. The maximum atomic E-state index is 11.3. The molecule has 5 aromatic rings. The molecule has 5 N–H and O–H groups in total. The zero-order valence-electron chi connectivity index (χ0n) is 37.8. The lowest BCUT2D eigenvalue weighted by Gasteiger charge is -2.13. The van der Waals surface area contributed by atoms with E-state index >= 15 is 0 Å². The van der Waals surface area contributed by atoms with E-state index in [1.807, 2.05) is 24.3 Å². The van der Waals surface area contributed by atoms with Gasteiger partial charge in [0.15, 0.2) is 23.1 Å². The van der Waals surface area contributed by atoms with Crippen molar-refractivity contribution in [2.75, 3.05) is 7.11 Å². The largest absolute Gasteiger partial charge is 0.768 e. The van der Waals surface area contributed by atoms with Gasteiger partial charge in [0.1, 0.15) is 23.0 Å². The van der Waals surface area contributed by atoms with Gasteiger partial charge in [-0.05, 0) is 170 Å². The fourth-order valence-electron chi connectivity index (χ4n) is 6.12. The van der Waals surface area contributed by atoms with Crippen molar-refractivity contribution < 1.29 is 46.4 Å². The van der Waals surface area contributed by atoms with Crippen LogP contribution in [0.1, 0.15) is 75.3 Å². The molecule has 70 heavy (non-hydrogen) atoms. The van der Waals surface area contributed by atoms with Crippen LogP contribution in [0.4, 0.5) is 0 Å². The molecule has 0 amide bonds. The van der Waals surface area contributed by atoms with E-state index < -0.39 is 22.2 Å². The van der Waals surface area contributed by atoms with Crippen molar-refractivity contribution in [1.82, 2.24) is 0 Å². The first kappa shape index (κ1) is 58.1. The molecule has 0 saturated heterocycles. The Bertz CT molecular complexity index is 2480. The summed E-state index contributed by atoms with van der Waals surface area (Å²) in [7, 11) is 1.65. The van der Waals surface area contributed by atoms with Gasteiger partial charge in [0.2, 0.25) is 0 Å². The lowest BCUT2D eigenvalue weighted by molar-refractivity contribution is -0.122. The second-order valence-electron chi connectivity index (χ2n) is 17.1. The van der Waals surface area contributed by atoms with E-state index in [0.717, 1.165) is 54.3 Å². The highest BCUT2D eigenvalue weighted by Crippen LogP contribution is 2.43. The van der Waals surface area contributed by atoms with Gasteiger partial charge in [-0.15, -0.1) is 11.6 Å². The molecular weight excluding hydrogens is 1180 g/mol. The van der Waals surface area contributed by atoms with Crippen molar-refractivity contribution in [3.63, 3.8) is 0 Å². The summed E-state index contributed by atoms with van der Waals surface area (Å²) in [4.78, 5) is 22.4. The number of carbonyl (C=O) groups is 2. The molecule has 5 aromatic carbocycles. The second kappa shape index (κ2) is 26.4. The van der Waals surface area contributed by atoms with Crippen LogP contribution in [-0.4, -0.2) is 52.4 Å². The number of aromatic hydroxyl groups is 1. The van der Waals surface area contributed by atoms with E-state index in [9.17, 15) is 32.2 Å². The normalized spacial score (nSPS) is 16.4. The SMILES string of the molecule is COc1ccc(CCl)cc1.Cc1ccc(Oc2c(Cl)cc(Br)cc2Cl)cc1S(=O)[O-].NC1(C(=O)CC2CC2)CC1.NC1(C(=O)CC2CC2)CC1.O=S([O-])c1cc(Oc2c(Cl)cc(Br)cc2Cl)ccc1O. The monoisotopic (exact) mass is 1220 g/mol. The van der Waals surface area contributed by atoms with Gasteiger partial charge in [-0.25, -0.2) is 0 Å². The predicted molar refractivity (Wildman–Crippen MR) is 282 cm³/mol. The van der Waals surface area contributed by atoms with E-state index in [1.54, 1.807) is 50.4 Å². The average Bonchev–Trinajstić information content (AvgIpc) is 4.07. The maximum absolute atomic E-state index is 11.3. The van der Waals surface area contributed by atoms with Crippen molar-refractivity contribution in [3.05, 3.63) is 125 Å². The number of aryl methyl sites for hydroxylation is 1. The molecule has 21 heteroatoms. The number of hydrogen-bond donors (Lipinski definition) is 3. The molecule has 0 spiro atoms. The fraction of sp³-hybridized carbons (Fsp3) is 0.347. The van der Waals surface area contributed by atoms with Crippen LogP contribution in [0, 0.1) is 18.8 Å². The highest BCUT2D eigenvalue weighted by atomic mass is 79.9. The van der Waals surface area contributed by atoms with E-state index in [1.165, 1.54) is 49.9 Å². The number of benzene rings is 5. The molecule has 4 aliphatic carbocycles. The number of alkyl halides is 1. The number of carbonyl (C=O) groups excluding carboxylic acids is 2. The summed E-state index contributed by atoms with van der Waals surface area (Å²) < 4.78 is 61.5. The molecule has 0 radical (unpaired) electrons. The molecule has 0 aromatic heterocycles. The van der Waals surface area contributed by atoms with Gasteiger partial charge in [-0.1, -0.05) is 96.5 Å². The summed E-state index contributed by atoms with van der Waals surface area (Å²) in [5.41, 5.74) is 12.5. The highest BCUT2D eigenvalue weighted by molar-refractivity contribution is 9.10. The molecule has 2 unspecified atom stereocenters.